The Hall–Kier alpha value is -3.67. The largest absolute Gasteiger partial charge is 0.490 e. The van der Waals surface area contributed by atoms with Gasteiger partial charge in [-0.25, -0.2) is 4.39 Å². The van der Waals surface area contributed by atoms with Crippen LogP contribution in [-0.2, 0) is 24.2 Å². The molecule has 35 heavy (non-hydrogen) atoms. The van der Waals surface area contributed by atoms with Crippen molar-refractivity contribution >= 4 is 11.8 Å². The Morgan fingerprint density at radius 2 is 1.71 bits per heavy atom. The number of benzene rings is 3. The third-order valence-corrected chi connectivity index (χ3v) is 6.81. The lowest BCUT2D eigenvalue weighted by atomic mass is 10.0. The summed E-state index contributed by atoms with van der Waals surface area (Å²) in [6, 6.07) is 21.1. The van der Waals surface area contributed by atoms with Gasteiger partial charge < -0.3 is 15.0 Å². The van der Waals surface area contributed by atoms with Gasteiger partial charge in [0.25, 0.3) is 5.91 Å². The van der Waals surface area contributed by atoms with Crippen molar-refractivity contribution in [1.29, 1.82) is 0 Å². The number of carbonyl (C=O) groups is 2. The Labute approximate surface area is 204 Å². The third-order valence-electron chi connectivity index (χ3n) is 6.81. The van der Waals surface area contributed by atoms with E-state index in [1.807, 2.05) is 24.3 Å². The van der Waals surface area contributed by atoms with Crippen molar-refractivity contribution in [1.82, 2.24) is 10.2 Å². The molecule has 1 atom stereocenters. The van der Waals surface area contributed by atoms with Gasteiger partial charge in [0.2, 0.25) is 5.91 Å². The maximum absolute atomic E-state index is 13.8. The van der Waals surface area contributed by atoms with Crippen LogP contribution in [0.1, 0.15) is 46.3 Å². The summed E-state index contributed by atoms with van der Waals surface area (Å²) in [7, 11) is 0. The van der Waals surface area contributed by atoms with E-state index in [0.717, 1.165) is 37.0 Å². The molecule has 1 saturated heterocycles. The first kappa shape index (κ1) is 23.1. The van der Waals surface area contributed by atoms with Crippen molar-refractivity contribution < 1.29 is 18.7 Å². The van der Waals surface area contributed by atoms with Crippen LogP contribution >= 0.6 is 0 Å². The molecule has 1 N–H and O–H groups in total. The standard InChI is InChI=1S/C29H29FN2O3/c30-24-9-5-8-23(16-24)29(34)32(27-10-3-4-15-31-28(27)33)19-20-11-13-25(14-12-20)35-26-17-21-6-1-2-7-22(21)18-26/h1-2,5-9,11-14,16,26-27H,3-4,10,15,17-19H2,(H,31,33)/t27-/m0/s1. The molecule has 1 fully saturated rings. The molecule has 0 bridgehead atoms. The fraction of sp³-hybridized carbons (Fsp3) is 0.310. The number of amides is 2. The maximum atomic E-state index is 13.8. The van der Waals surface area contributed by atoms with Crippen LogP contribution in [0.3, 0.4) is 0 Å². The molecule has 6 heteroatoms. The average Bonchev–Trinajstić information content (AvgIpc) is 3.15. The van der Waals surface area contributed by atoms with Crippen LogP contribution in [-0.4, -0.2) is 35.4 Å². The SMILES string of the molecule is O=C1NCCCC[C@@H]1N(Cc1ccc(OC2Cc3ccccc3C2)cc1)C(=O)c1cccc(F)c1. The fourth-order valence-electron chi connectivity index (χ4n) is 5.00. The second kappa shape index (κ2) is 10.3. The minimum atomic E-state index is -0.596. The van der Waals surface area contributed by atoms with Crippen molar-refractivity contribution in [2.45, 2.75) is 50.8 Å². The van der Waals surface area contributed by atoms with Gasteiger partial charge >= 0.3 is 0 Å². The van der Waals surface area contributed by atoms with E-state index in [4.69, 9.17) is 4.74 Å². The van der Waals surface area contributed by atoms with E-state index in [1.165, 1.54) is 29.3 Å². The minimum Gasteiger partial charge on any atom is -0.490 e. The number of carbonyl (C=O) groups excluding carboxylic acids is 2. The summed E-state index contributed by atoms with van der Waals surface area (Å²) in [5.41, 5.74) is 3.79. The first-order valence-corrected chi connectivity index (χ1v) is 12.2. The Bertz CT molecular complexity index is 1190. The van der Waals surface area contributed by atoms with E-state index < -0.39 is 11.9 Å². The molecule has 1 aliphatic heterocycles. The van der Waals surface area contributed by atoms with E-state index in [-0.39, 0.29) is 30.0 Å². The summed E-state index contributed by atoms with van der Waals surface area (Å²) in [4.78, 5) is 27.8. The van der Waals surface area contributed by atoms with Gasteiger partial charge in [-0.1, -0.05) is 42.5 Å². The molecule has 1 aliphatic carbocycles. The van der Waals surface area contributed by atoms with Crippen LogP contribution < -0.4 is 10.1 Å². The van der Waals surface area contributed by atoms with Crippen LogP contribution in [0.15, 0.2) is 72.8 Å². The van der Waals surface area contributed by atoms with Gasteiger partial charge in [-0.2, -0.15) is 0 Å². The summed E-state index contributed by atoms with van der Waals surface area (Å²) in [5, 5.41) is 2.91. The zero-order valence-corrected chi connectivity index (χ0v) is 19.6. The molecule has 2 amide bonds. The molecular formula is C29H29FN2O3. The summed E-state index contributed by atoms with van der Waals surface area (Å²) in [5.74, 6) is -0.206. The summed E-state index contributed by atoms with van der Waals surface area (Å²) < 4.78 is 20.0. The van der Waals surface area contributed by atoms with E-state index in [0.29, 0.717) is 13.0 Å². The molecule has 3 aromatic rings. The highest BCUT2D eigenvalue weighted by atomic mass is 19.1. The molecule has 0 saturated carbocycles. The van der Waals surface area contributed by atoms with Gasteiger partial charge in [-0.3, -0.25) is 9.59 Å². The molecule has 1 heterocycles. The van der Waals surface area contributed by atoms with Crippen molar-refractivity contribution in [2.24, 2.45) is 0 Å². The Balaban J connectivity index is 1.32. The molecule has 0 aromatic heterocycles. The smallest absolute Gasteiger partial charge is 0.254 e. The highest BCUT2D eigenvalue weighted by Gasteiger charge is 2.31. The number of fused-ring (bicyclic) bond motifs is 1. The van der Waals surface area contributed by atoms with E-state index in [9.17, 15) is 14.0 Å². The average molecular weight is 473 g/mol. The molecule has 5 rings (SSSR count). The molecule has 0 spiro atoms. The molecule has 0 unspecified atom stereocenters. The molecule has 3 aromatic carbocycles. The lowest BCUT2D eigenvalue weighted by Crippen LogP contribution is -2.48. The first-order valence-electron chi connectivity index (χ1n) is 12.2. The Kier molecular flexibility index (Phi) is 6.80. The zero-order chi connectivity index (χ0) is 24.2. The lowest BCUT2D eigenvalue weighted by molar-refractivity contribution is -0.125. The normalized spacial score (nSPS) is 17.9. The van der Waals surface area contributed by atoms with Crippen LogP contribution in [0.4, 0.5) is 4.39 Å². The van der Waals surface area contributed by atoms with Gasteiger partial charge in [0, 0.05) is 31.5 Å². The van der Waals surface area contributed by atoms with Gasteiger partial charge in [0.15, 0.2) is 0 Å². The van der Waals surface area contributed by atoms with Crippen molar-refractivity contribution in [3.05, 3.63) is 101 Å². The van der Waals surface area contributed by atoms with Crippen LogP contribution in [0.25, 0.3) is 0 Å². The summed E-state index contributed by atoms with van der Waals surface area (Å²) >= 11 is 0. The Morgan fingerprint density at radius 3 is 2.43 bits per heavy atom. The van der Waals surface area contributed by atoms with Crippen molar-refractivity contribution in [2.75, 3.05) is 6.54 Å². The number of ether oxygens (including phenoxy) is 1. The topological polar surface area (TPSA) is 58.6 Å². The van der Waals surface area contributed by atoms with Gasteiger partial charge in [0.05, 0.1) is 0 Å². The number of halogens is 1. The first-order chi connectivity index (χ1) is 17.1. The Morgan fingerprint density at radius 1 is 0.971 bits per heavy atom. The highest BCUT2D eigenvalue weighted by molar-refractivity contribution is 5.97. The second-order valence-corrected chi connectivity index (χ2v) is 9.31. The molecule has 180 valence electrons. The van der Waals surface area contributed by atoms with E-state index >= 15 is 0 Å². The van der Waals surface area contributed by atoms with E-state index in [2.05, 4.69) is 29.6 Å². The zero-order valence-electron chi connectivity index (χ0n) is 19.6. The predicted molar refractivity (Wildman–Crippen MR) is 132 cm³/mol. The minimum absolute atomic E-state index is 0.110. The predicted octanol–water partition coefficient (Wildman–Crippen LogP) is 4.68. The maximum Gasteiger partial charge on any atom is 0.254 e. The second-order valence-electron chi connectivity index (χ2n) is 9.31. The van der Waals surface area contributed by atoms with E-state index in [1.54, 1.807) is 11.0 Å². The molecule has 5 nitrogen and oxygen atoms in total. The highest BCUT2D eigenvalue weighted by Crippen LogP contribution is 2.26. The number of hydrogen-bond donors (Lipinski definition) is 1. The fourth-order valence-corrected chi connectivity index (χ4v) is 5.00. The van der Waals surface area contributed by atoms with Gasteiger partial charge in [-0.05, 0) is 66.3 Å². The third kappa shape index (κ3) is 5.37. The van der Waals surface area contributed by atoms with Gasteiger partial charge in [0.1, 0.15) is 23.7 Å². The van der Waals surface area contributed by atoms with Crippen molar-refractivity contribution in [3.8, 4) is 5.75 Å². The quantitative estimate of drug-likeness (QED) is 0.567. The summed E-state index contributed by atoms with van der Waals surface area (Å²) in [6.45, 7) is 0.858. The monoisotopic (exact) mass is 472 g/mol. The van der Waals surface area contributed by atoms with Crippen LogP contribution in [0, 0.1) is 5.82 Å². The number of nitrogens with zero attached hydrogens (tertiary/aromatic N) is 1. The van der Waals surface area contributed by atoms with Crippen molar-refractivity contribution in [3.63, 3.8) is 0 Å². The molecule has 2 aliphatic rings. The number of hydrogen-bond acceptors (Lipinski definition) is 3. The number of rotatable bonds is 6. The van der Waals surface area contributed by atoms with Gasteiger partial charge in [-0.15, -0.1) is 0 Å². The molecule has 0 radical (unpaired) electrons. The lowest BCUT2D eigenvalue weighted by Gasteiger charge is -2.30. The van der Waals surface area contributed by atoms with Crippen LogP contribution in [0.2, 0.25) is 0 Å². The molecular weight excluding hydrogens is 443 g/mol. The summed E-state index contributed by atoms with van der Waals surface area (Å²) in [6.07, 6.45) is 4.19. The van der Waals surface area contributed by atoms with Crippen LogP contribution in [0.5, 0.6) is 5.75 Å². The number of nitrogens with one attached hydrogen (secondary N) is 1.